The molecule has 1 saturated carbocycles. The highest BCUT2D eigenvalue weighted by Gasteiger charge is 2.29. The molecule has 0 radical (unpaired) electrons. The fourth-order valence-corrected chi connectivity index (χ4v) is 2.64. The number of aromatic amines is 1. The Bertz CT molecular complexity index is 761. The highest BCUT2D eigenvalue weighted by atomic mass is 79.9. The molecule has 0 aliphatic heterocycles. The first kappa shape index (κ1) is 11.1. The lowest BCUT2D eigenvalue weighted by molar-refractivity contribution is 0.965. The van der Waals surface area contributed by atoms with Crippen LogP contribution in [0, 0.1) is 0 Å². The quantitative estimate of drug-likeness (QED) is 0.785. The average Bonchev–Trinajstić information content (AvgIpc) is 3.16. The molecule has 0 atom stereocenters. The van der Waals surface area contributed by atoms with E-state index in [1.807, 2.05) is 30.6 Å². The summed E-state index contributed by atoms with van der Waals surface area (Å²) in [5.41, 5.74) is 4.91. The summed E-state index contributed by atoms with van der Waals surface area (Å²) in [6.45, 7) is 0. The lowest BCUT2D eigenvalue weighted by Gasteiger charge is -2.02. The van der Waals surface area contributed by atoms with Gasteiger partial charge in [-0.05, 0) is 31.0 Å². The van der Waals surface area contributed by atoms with Crippen molar-refractivity contribution in [3.63, 3.8) is 0 Å². The van der Waals surface area contributed by atoms with Crippen molar-refractivity contribution in [3.8, 4) is 11.3 Å². The van der Waals surface area contributed by atoms with Gasteiger partial charge in [0.2, 0.25) is 0 Å². The SMILES string of the molecule is Brc1ccc2nc(-c3c[nH]nc3C3CC3)cnc2c1. The highest BCUT2D eigenvalue weighted by molar-refractivity contribution is 9.10. The number of halogens is 1. The molecule has 1 aliphatic carbocycles. The first-order chi connectivity index (χ1) is 9.31. The second-order valence-electron chi connectivity index (χ2n) is 4.85. The molecule has 19 heavy (non-hydrogen) atoms. The van der Waals surface area contributed by atoms with Crippen molar-refractivity contribution in [1.82, 2.24) is 20.2 Å². The molecule has 0 bridgehead atoms. The van der Waals surface area contributed by atoms with Crippen molar-refractivity contribution < 1.29 is 0 Å². The Morgan fingerprint density at radius 1 is 1.21 bits per heavy atom. The Labute approximate surface area is 118 Å². The molecule has 3 aromatic rings. The van der Waals surface area contributed by atoms with Crippen LogP contribution in [0.4, 0.5) is 0 Å². The van der Waals surface area contributed by atoms with E-state index in [2.05, 4.69) is 36.1 Å². The van der Waals surface area contributed by atoms with E-state index in [0.717, 1.165) is 32.5 Å². The molecule has 1 fully saturated rings. The normalized spacial score (nSPS) is 15.0. The molecule has 1 aliphatic rings. The Morgan fingerprint density at radius 3 is 2.95 bits per heavy atom. The predicted octanol–water partition coefficient (Wildman–Crippen LogP) is 3.66. The van der Waals surface area contributed by atoms with Gasteiger partial charge >= 0.3 is 0 Å². The van der Waals surface area contributed by atoms with Crippen LogP contribution in [0.2, 0.25) is 0 Å². The smallest absolute Gasteiger partial charge is 0.0927 e. The second kappa shape index (κ2) is 4.13. The van der Waals surface area contributed by atoms with E-state index < -0.39 is 0 Å². The van der Waals surface area contributed by atoms with Gasteiger partial charge in [-0.3, -0.25) is 10.1 Å². The molecule has 4 rings (SSSR count). The molecule has 94 valence electrons. The maximum absolute atomic E-state index is 4.69. The molecule has 2 heterocycles. The van der Waals surface area contributed by atoms with Gasteiger partial charge in [-0.1, -0.05) is 15.9 Å². The summed E-state index contributed by atoms with van der Waals surface area (Å²) in [4.78, 5) is 9.17. The van der Waals surface area contributed by atoms with Gasteiger partial charge < -0.3 is 0 Å². The van der Waals surface area contributed by atoms with Crippen molar-refractivity contribution in [1.29, 1.82) is 0 Å². The lowest BCUT2D eigenvalue weighted by atomic mass is 10.1. The number of H-pyrrole nitrogens is 1. The van der Waals surface area contributed by atoms with Crippen molar-refractivity contribution in [2.75, 3.05) is 0 Å². The van der Waals surface area contributed by atoms with Crippen LogP contribution in [0.5, 0.6) is 0 Å². The van der Waals surface area contributed by atoms with Crippen LogP contribution in [-0.2, 0) is 0 Å². The summed E-state index contributed by atoms with van der Waals surface area (Å²) in [5.74, 6) is 0.601. The van der Waals surface area contributed by atoms with Gasteiger partial charge in [0, 0.05) is 22.2 Å². The number of rotatable bonds is 2. The Balaban J connectivity index is 1.86. The van der Waals surface area contributed by atoms with E-state index in [0.29, 0.717) is 5.92 Å². The van der Waals surface area contributed by atoms with Gasteiger partial charge in [-0.25, -0.2) is 4.98 Å². The lowest BCUT2D eigenvalue weighted by Crippen LogP contribution is -1.91. The zero-order valence-electron chi connectivity index (χ0n) is 10.1. The number of fused-ring (bicyclic) bond motifs is 1. The minimum atomic E-state index is 0.601. The minimum Gasteiger partial charge on any atom is -0.285 e. The Hall–Kier alpha value is -1.75. The second-order valence-corrected chi connectivity index (χ2v) is 5.76. The van der Waals surface area contributed by atoms with Gasteiger partial charge in [0.25, 0.3) is 0 Å². The number of nitrogens with zero attached hydrogens (tertiary/aromatic N) is 3. The predicted molar refractivity (Wildman–Crippen MR) is 76.8 cm³/mol. The summed E-state index contributed by atoms with van der Waals surface area (Å²) in [5, 5.41) is 7.30. The van der Waals surface area contributed by atoms with Crippen LogP contribution in [0.3, 0.4) is 0 Å². The Kier molecular flexibility index (Phi) is 2.41. The average molecular weight is 315 g/mol. The minimum absolute atomic E-state index is 0.601. The summed E-state index contributed by atoms with van der Waals surface area (Å²) in [6, 6.07) is 5.94. The number of hydrogen-bond donors (Lipinski definition) is 1. The first-order valence-electron chi connectivity index (χ1n) is 6.27. The van der Waals surface area contributed by atoms with Crippen molar-refractivity contribution in [2.24, 2.45) is 0 Å². The largest absolute Gasteiger partial charge is 0.285 e. The van der Waals surface area contributed by atoms with Crippen molar-refractivity contribution in [3.05, 3.63) is 40.8 Å². The summed E-state index contributed by atoms with van der Waals surface area (Å²) in [6.07, 6.45) is 6.20. The highest BCUT2D eigenvalue weighted by Crippen LogP contribution is 2.42. The molecule has 0 unspecified atom stereocenters. The molecule has 4 nitrogen and oxygen atoms in total. The van der Waals surface area contributed by atoms with E-state index in [4.69, 9.17) is 0 Å². The summed E-state index contributed by atoms with van der Waals surface area (Å²) in [7, 11) is 0. The number of aromatic nitrogens is 4. The standard InChI is InChI=1S/C14H11BrN4/c15-9-3-4-11-12(5-9)16-7-13(18-11)10-6-17-19-14(10)8-1-2-8/h3-8H,1-2H2,(H,17,19). The zero-order chi connectivity index (χ0) is 12.8. The zero-order valence-corrected chi connectivity index (χ0v) is 11.7. The molecule has 0 amide bonds. The fraction of sp³-hybridized carbons (Fsp3) is 0.214. The first-order valence-corrected chi connectivity index (χ1v) is 7.07. The fourth-order valence-electron chi connectivity index (χ4n) is 2.29. The Morgan fingerprint density at radius 2 is 2.11 bits per heavy atom. The third kappa shape index (κ3) is 1.94. The van der Waals surface area contributed by atoms with E-state index in [1.165, 1.54) is 12.8 Å². The molecule has 1 aromatic carbocycles. The van der Waals surface area contributed by atoms with E-state index in [9.17, 15) is 0 Å². The molecular weight excluding hydrogens is 304 g/mol. The van der Waals surface area contributed by atoms with Crippen LogP contribution >= 0.6 is 15.9 Å². The van der Waals surface area contributed by atoms with Gasteiger partial charge in [0.1, 0.15) is 0 Å². The number of hydrogen-bond acceptors (Lipinski definition) is 3. The topological polar surface area (TPSA) is 54.5 Å². The van der Waals surface area contributed by atoms with Crippen molar-refractivity contribution >= 4 is 27.0 Å². The molecular formula is C14H11BrN4. The maximum Gasteiger partial charge on any atom is 0.0927 e. The van der Waals surface area contributed by atoms with Crippen LogP contribution in [-0.4, -0.2) is 20.2 Å². The summed E-state index contributed by atoms with van der Waals surface area (Å²) >= 11 is 3.45. The van der Waals surface area contributed by atoms with Crippen LogP contribution in [0.1, 0.15) is 24.5 Å². The van der Waals surface area contributed by atoms with Crippen molar-refractivity contribution in [2.45, 2.75) is 18.8 Å². The van der Waals surface area contributed by atoms with Gasteiger partial charge in [-0.15, -0.1) is 0 Å². The molecule has 1 N–H and O–H groups in total. The van der Waals surface area contributed by atoms with E-state index >= 15 is 0 Å². The maximum atomic E-state index is 4.69. The number of benzene rings is 1. The van der Waals surface area contributed by atoms with E-state index in [-0.39, 0.29) is 0 Å². The third-order valence-electron chi connectivity index (χ3n) is 3.41. The molecule has 5 heteroatoms. The summed E-state index contributed by atoms with van der Waals surface area (Å²) < 4.78 is 1.02. The molecule has 0 spiro atoms. The van der Waals surface area contributed by atoms with Crippen LogP contribution in [0.25, 0.3) is 22.3 Å². The van der Waals surface area contributed by atoms with E-state index in [1.54, 1.807) is 0 Å². The van der Waals surface area contributed by atoms with Crippen LogP contribution in [0.15, 0.2) is 35.1 Å². The molecule has 0 saturated heterocycles. The van der Waals surface area contributed by atoms with Gasteiger partial charge in [0.15, 0.2) is 0 Å². The third-order valence-corrected chi connectivity index (χ3v) is 3.91. The molecule has 2 aromatic heterocycles. The monoisotopic (exact) mass is 314 g/mol. The van der Waals surface area contributed by atoms with Gasteiger partial charge in [-0.2, -0.15) is 5.10 Å². The van der Waals surface area contributed by atoms with Crippen LogP contribution < -0.4 is 0 Å². The number of nitrogens with one attached hydrogen (secondary N) is 1. The van der Waals surface area contributed by atoms with Gasteiger partial charge in [0.05, 0.1) is 28.6 Å².